The lowest BCUT2D eigenvalue weighted by Crippen LogP contribution is -2.30. The van der Waals surface area contributed by atoms with Crippen LogP contribution in [0.4, 0.5) is 0 Å². The zero-order valence-electron chi connectivity index (χ0n) is 55.6. The van der Waals surface area contributed by atoms with Gasteiger partial charge in [0.05, 0.1) is 26.4 Å². The predicted octanol–water partition coefficient (Wildman–Crippen LogP) is 18.9. The molecule has 3 N–H and O–H groups in total. The average molecular weight is 1280 g/mol. The van der Waals surface area contributed by atoms with Crippen LogP contribution in [0.1, 0.15) is 324 Å². The van der Waals surface area contributed by atoms with Crippen LogP contribution in [0.5, 0.6) is 0 Å². The van der Waals surface area contributed by atoms with E-state index in [9.17, 15) is 43.2 Å². The molecule has 0 saturated carbocycles. The molecule has 0 fully saturated rings. The largest absolute Gasteiger partial charge is 0.472 e. The van der Waals surface area contributed by atoms with Gasteiger partial charge in [0.1, 0.15) is 19.3 Å². The molecule has 0 aliphatic carbocycles. The topological polar surface area (TPSA) is 237 Å². The van der Waals surface area contributed by atoms with Crippen molar-refractivity contribution in [1.29, 1.82) is 0 Å². The Bertz CT molecular complexity index is 1780. The molecule has 0 amide bonds. The summed E-state index contributed by atoms with van der Waals surface area (Å²) in [6.45, 7) is 7.05. The second-order valence-electron chi connectivity index (χ2n) is 24.4. The summed E-state index contributed by atoms with van der Waals surface area (Å²) in [4.78, 5) is 72.3. The zero-order chi connectivity index (χ0) is 64.2. The van der Waals surface area contributed by atoms with E-state index in [1.165, 1.54) is 135 Å². The minimum atomic E-state index is -4.96. The molecular weight excluding hydrogens is 1150 g/mol. The molecule has 0 aliphatic heterocycles. The molecule has 19 heteroatoms. The van der Waals surface area contributed by atoms with Crippen molar-refractivity contribution < 1.29 is 80.2 Å². The fraction of sp³-hybridized carbons (Fsp3) is 0.882. The molecule has 0 radical (unpaired) electrons. The van der Waals surface area contributed by atoms with Crippen molar-refractivity contribution in [3.05, 3.63) is 24.3 Å². The van der Waals surface area contributed by atoms with Crippen LogP contribution in [0.15, 0.2) is 24.3 Å². The van der Waals surface area contributed by atoms with Gasteiger partial charge in [0.15, 0.2) is 12.2 Å². The molecule has 0 aromatic heterocycles. The smallest absolute Gasteiger partial charge is 0.462 e. The highest BCUT2D eigenvalue weighted by molar-refractivity contribution is 7.47. The Morgan fingerprint density at radius 2 is 0.621 bits per heavy atom. The molecule has 17 nitrogen and oxygen atoms in total. The molecule has 0 bridgehead atoms. The second kappa shape index (κ2) is 61.1. The Kier molecular flexibility index (Phi) is 59.3. The van der Waals surface area contributed by atoms with E-state index < -0.39 is 97.5 Å². The lowest BCUT2D eigenvalue weighted by Gasteiger charge is -2.21. The monoisotopic (exact) mass is 1280 g/mol. The number of hydrogen-bond donors (Lipinski definition) is 3. The highest BCUT2D eigenvalue weighted by Crippen LogP contribution is 2.45. The summed E-state index contributed by atoms with van der Waals surface area (Å²) >= 11 is 0. The highest BCUT2D eigenvalue weighted by Gasteiger charge is 2.30. The molecule has 0 saturated heterocycles. The number of ether oxygens (including phenoxy) is 4. The van der Waals surface area contributed by atoms with E-state index in [2.05, 4.69) is 58.9 Å². The van der Waals surface area contributed by atoms with Gasteiger partial charge in [0, 0.05) is 25.7 Å². The van der Waals surface area contributed by atoms with E-state index >= 15 is 0 Å². The van der Waals surface area contributed by atoms with Gasteiger partial charge in [-0.3, -0.25) is 37.3 Å². The Morgan fingerprint density at radius 1 is 0.356 bits per heavy atom. The fourth-order valence-electron chi connectivity index (χ4n) is 9.75. The molecule has 512 valence electrons. The van der Waals surface area contributed by atoms with Crippen LogP contribution < -0.4 is 0 Å². The molecule has 0 spiro atoms. The number of phosphoric ester groups is 2. The van der Waals surface area contributed by atoms with Gasteiger partial charge >= 0.3 is 39.5 Å². The lowest BCUT2D eigenvalue weighted by molar-refractivity contribution is -0.161. The van der Waals surface area contributed by atoms with E-state index in [1.54, 1.807) is 0 Å². The molecule has 0 rings (SSSR count). The van der Waals surface area contributed by atoms with Crippen molar-refractivity contribution in [3.8, 4) is 0 Å². The second-order valence-corrected chi connectivity index (χ2v) is 27.3. The van der Waals surface area contributed by atoms with Gasteiger partial charge in [-0.05, 0) is 57.3 Å². The fourth-order valence-corrected chi connectivity index (χ4v) is 11.3. The Hall–Kier alpha value is -2.46. The van der Waals surface area contributed by atoms with Crippen molar-refractivity contribution in [1.82, 2.24) is 0 Å². The Morgan fingerprint density at radius 3 is 0.943 bits per heavy atom. The number of allylic oxidation sites excluding steroid dienone is 4. The number of carbonyl (C=O) groups excluding carboxylic acids is 4. The first-order valence-corrected chi connectivity index (χ1v) is 37.9. The summed E-state index contributed by atoms with van der Waals surface area (Å²) in [7, 11) is -9.90. The van der Waals surface area contributed by atoms with Gasteiger partial charge in [-0.25, -0.2) is 9.13 Å². The van der Waals surface area contributed by atoms with Crippen molar-refractivity contribution in [2.75, 3.05) is 39.6 Å². The van der Waals surface area contributed by atoms with E-state index in [1.807, 2.05) is 0 Å². The Labute approximate surface area is 529 Å². The molecular formula is C68H128O17P2. The maximum Gasteiger partial charge on any atom is 0.472 e. The first kappa shape index (κ1) is 84.5. The maximum atomic E-state index is 13.0. The number of phosphoric acid groups is 2. The molecule has 0 aromatic carbocycles. The van der Waals surface area contributed by atoms with Crippen LogP contribution in [-0.4, -0.2) is 96.7 Å². The Balaban J connectivity index is 5.26. The first-order chi connectivity index (χ1) is 42.0. The van der Waals surface area contributed by atoms with E-state index in [-0.39, 0.29) is 25.7 Å². The van der Waals surface area contributed by atoms with E-state index in [4.69, 9.17) is 37.0 Å². The normalized spacial score (nSPS) is 14.3. The van der Waals surface area contributed by atoms with Gasteiger partial charge in [0.25, 0.3) is 0 Å². The number of hydrogen-bond acceptors (Lipinski definition) is 15. The van der Waals surface area contributed by atoms with Gasteiger partial charge in [0.2, 0.25) is 0 Å². The minimum absolute atomic E-state index is 0.0853. The van der Waals surface area contributed by atoms with Gasteiger partial charge in [-0.2, -0.15) is 0 Å². The molecule has 0 heterocycles. The molecule has 0 aromatic rings. The van der Waals surface area contributed by atoms with Crippen LogP contribution in [0, 0.1) is 5.92 Å². The molecule has 2 unspecified atom stereocenters. The summed E-state index contributed by atoms with van der Waals surface area (Å²) in [5, 5.41) is 10.6. The number of rotatable bonds is 66. The molecule has 0 aliphatic rings. The third-order valence-corrected chi connectivity index (χ3v) is 17.1. The van der Waals surface area contributed by atoms with Crippen molar-refractivity contribution in [2.24, 2.45) is 5.92 Å². The summed E-state index contributed by atoms with van der Waals surface area (Å²) in [6.07, 6.45) is 49.5. The molecule has 87 heavy (non-hydrogen) atoms. The van der Waals surface area contributed by atoms with Crippen LogP contribution in [0.25, 0.3) is 0 Å². The minimum Gasteiger partial charge on any atom is -0.462 e. The van der Waals surface area contributed by atoms with Crippen LogP contribution in [0.2, 0.25) is 0 Å². The lowest BCUT2D eigenvalue weighted by atomic mass is 10.0. The third-order valence-electron chi connectivity index (χ3n) is 15.2. The molecule has 5 atom stereocenters. The van der Waals surface area contributed by atoms with Crippen molar-refractivity contribution >= 4 is 39.5 Å². The van der Waals surface area contributed by atoms with Gasteiger partial charge < -0.3 is 33.8 Å². The number of aliphatic hydroxyl groups excluding tert-OH is 1. The number of unbranched alkanes of at least 4 members (excludes halogenated alkanes) is 35. The zero-order valence-corrected chi connectivity index (χ0v) is 57.4. The van der Waals surface area contributed by atoms with Crippen molar-refractivity contribution in [2.45, 2.75) is 342 Å². The SMILES string of the molecule is CCCCCC/C=C\C=C/CCCCCCCC(=O)O[C@H](COC(=O)CCCCCCCCCCCCCCCC)COP(=O)(O)OC[C@@H](O)COP(=O)(O)OC[C@@H](COC(=O)CCCCCCCCCCC)OC(=O)CCCCCCCCC(C)C. The summed E-state index contributed by atoms with van der Waals surface area (Å²) in [5.41, 5.74) is 0. The van der Waals surface area contributed by atoms with Gasteiger partial charge in [-0.1, -0.05) is 271 Å². The van der Waals surface area contributed by atoms with Crippen LogP contribution in [0.3, 0.4) is 0 Å². The number of carbonyl (C=O) groups is 4. The van der Waals surface area contributed by atoms with E-state index in [0.717, 1.165) is 103 Å². The van der Waals surface area contributed by atoms with Crippen LogP contribution in [-0.2, 0) is 65.4 Å². The summed E-state index contributed by atoms with van der Waals surface area (Å²) in [6, 6.07) is 0. The average Bonchev–Trinajstić information content (AvgIpc) is 3.57. The summed E-state index contributed by atoms with van der Waals surface area (Å²) < 4.78 is 68.1. The number of esters is 4. The highest BCUT2D eigenvalue weighted by atomic mass is 31.2. The summed E-state index contributed by atoms with van der Waals surface area (Å²) in [5.74, 6) is -1.49. The van der Waals surface area contributed by atoms with Crippen LogP contribution >= 0.6 is 15.6 Å². The van der Waals surface area contributed by atoms with Gasteiger partial charge in [-0.15, -0.1) is 0 Å². The van der Waals surface area contributed by atoms with Crippen molar-refractivity contribution in [3.63, 3.8) is 0 Å². The maximum absolute atomic E-state index is 13.0. The predicted molar refractivity (Wildman–Crippen MR) is 349 cm³/mol. The first-order valence-electron chi connectivity index (χ1n) is 35.0. The standard InChI is InChI=1S/C68H128O17P2/c1-6-9-12-15-18-21-23-25-27-29-31-34-37-43-48-53-67(72)84-63(57-79-66(71)52-47-42-36-33-30-28-26-24-22-19-16-13-10-7-2)59-82-86(74,75)80-55-62(69)56-81-87(76,77)83-60-64(85-68(73)54-49-44-39-38-40-45-50-61(4)5)58-78-65(70)51-46-41-35-32-20-17-14-11-8-3/h21,23,25,27,61-64,69H,6-20,22,24,26,28-60H2,1-5H3,(H,74,75)(H,76,77)/b23-21-,27-25-/t62-,63-,64-/m1/s1. The third kappa shape index (κ3) is 62.1. The van der Waals surface area contributed by atoms with E-state index in [0.29, 0.717) is 31.6 Å². The number of aliphatic hydroxyl groups is 1. The quantitative estimate of drug-likeness (QED) is 0.0169.